The lowest BCUT2D eigenvalue weighted by Gasteiger charge is -2.05. The zero-order valence-corrected chi connectivity index (χ0v) is 10.9. The van der Waals surface area contributed by atoms with Crippen molar-refractivity contribution < 1.29 is 9.90 Å². The minimum Gasteiger partial charge on any atom is -0.508 e. The topological polar surface area (TPSA) is 87.5 Å². The van der Waals surface area contributed by atoms with Gasteiger partial charge in [-0.2, -0.15) is 5.10 Å². The van der Waals surface area contributed by atoms with Gasteiger partial charge in [-0.05, 0) is 36.2 Å². The summed E-state index contributed by atoms with van der Waals surface area (Å²) in [6.45, 7) is 1.93. The molecule has 0 aliphatic rings. The molecule has 0 aliphatic heterocycles. The average molecular weight is 270 g/mol. The van der Waals surface area contributed by atoms with Crippen molar-refractivity contribution in [2.24, 2.45) is 5.10 Å². The molecule has 1 aromatic heterocycles. The first-order valence-corrected chi connectivity index (χ1v) is 6.13. The number of hydrazone groups is 1. The molecule has 0 saturated heterocycles. The molecule has 0 bridgehead atoms. The molecular formula is C14H14N4O2. The summed E-state index contributed by atoms with van der Waals surface area (Å²) in [6.07, 6.45) is 4.95. The standard InChI is InChI=1S/C14H14N4O2/c1-2-12(10-3-5-11(19)6-4-10)17-18-14(20)13-9-15-7-8-16-13/h3-9,19H,2H2,1H3,(H,18,20)/b17-12-. The number of nitrogens with one attached hydrogen (secondary N) is 1. The molecule has 0 saturated carbocycles. The first-order valence-electron chi connectivity index (χ1n) is 6.13. The van der Waals surface area contributed by atoms with Crippen LogP contribution in [0.2, 0.25) is 0 Å². The summed E-state index contributed by atoms with van der Waals surface area (Å²) >= 11 is 0. The number of nitrogens with zero attached hydrogens (tertiary/aromatic N) is 3. The second-order valence-corrected chi connectivity index (χ2v) is 3.99. The Kier molecular flexibility index (Phi) is 4.39. The molecule has 20 heavy (non-hydrogen) atoms. The number of aromatic hydroxyl groups is 1. The molecular weight excluding hydrogens is 256 g/mol. The highest BCUT2D eigenvalue weighted by Crippen LogP contribution is 2.11. The summed E-state index contributed by atoms with van der Waals surface area (Å²) in [6, 6.07) is 6.63. The second kappa shape index (κ2) is 6.42. The van der Waals surface area contributed by atoms with Crippen LogP contribution in [0.5, 0.6) is 5.75 Å². The zero-order valence-electron chi connectivity index (χ0n) is 10.9. The molecule has 0 spiro atoms. The minimum atomic E-state index is -0.414. The van der Waals surface area contributed by atoms with E-state index in [1.165, 1.54) is 18.6 Å². The van der Waals surface area contributed by atoms with E-state index in [1.54, 1.807) is 24.3 Å². The normalized spacial score (nSPS) is 11.2. The van der Waals surface area contributed by atoms with Gasteiger partial charge in [0, 0.05) is 12.4 Å². The van der Waals surface area contributed by atoms with E-state index in [2.05, 4.69) is 20.5 Å². The summed E-state index contributed by atoms with van der Waals surface area (Å²) in [4.78, 5) is 19.5. The highest BCUT2D eigenvalue weighted by molar-refractivity contribution is 6.01. The second-order valence-electron chi connectivity index (χ2n) is 3.99. The number of aromatic nitrogens is 2. The van der Waals surface area contributed by atoms with Gasteiger partial charge >= 0.3 is 0 Å². The number of rotatable bonds is 4. The molecule has 0 atom stereocenters. The van der Waals surface area contributed by atoms with Gasteiger partial charge in [-0.15, -0.1) is 0 Å². The third-order valence-corrected chi connectivity index (χ3v) is 2.62. The van der Waals surface area contributed by atoms with Crippen LogP contribution in [0.3, 0.4) is 0 Å². The zero-order chi connectivity index (χ0) is 14.4. The Balaban J connectivity index is 2.12. The lowest BCUT2D eigenvalue weighted by atomic mass is 10.1. The fraction of sp³-hybridized carbons (Fsp3) is 0.143. The van der Waals surface area contributed by atoms with Gasteiger partial charge in [0.2, 0.25) is 0 Å². The number of carbonyl (C=O) groups excluding carboxylic acids is 1. The third-order valence-electron chi connectivity index (χ3n) is 2.62. The van der Waals surface area contributed by atoms with Crippen LogP contribution in [0.25, 0.3) is 0 Å². The van der Waals surface area contributed by atoms with E-state index in [0.717, 1.165) is 5.56 Å². The molecule has 6 nitrogen and oxygen atoms in total. The SMILES string of the molecule is CC/C(=N/NC(=O)c1cnccn1)c1ccc(O)cc1. The van der Waals surface area contributed by atoms with Crippen LogP contribution in [-0.2, 0) is 0 Å². The Morgan fingerprint density at radius 1 is 1.30 bits per heavy atom. The van der Waals surface area contributed by atoms with Crippen molar-refractivity contribution in [2.45, 2.75) is 13.3 Å². The van der Waals surface area contributed by atoms with Crippen molar-refractivity contribution in [1.82, 2.24) is 15.4 Å². The Bertz CT molecular complexity index is 609. The summed E-state index contributed by atoms with van der Waals surface area (Å²) in [5.41, 5.74) is 4.20. The van der Waals surface area contributed by atoms with E-state index in [1.807, 2.05) is 6.92 Å². The van der Waals surface area contributed by atoms with Crippen molar-refractivity contribution in [2.75, 3.05) is 0 Å². The molecule has 102 valence electrons. The Labute approximate surface area is 116 Å². The predicted octanol–water partition coefficient (Wildman–Crippen LogP) is 1.73. The number of phenolic OH excluding ortho intramolecular Hbond substituents is 1. The van der Waals surface area contributed by atoms with Crippen LogP contribution >= 0.6 is 0 Å². The van der Waals surface area contributed by atoms with Gasteiger partial charge in [-0.1, -0.05) is 6.92 Å². The third kappa shape index (κ3) is 3.38. The largest absolute Gasteiger partial charge is 0.508 e. The molecule has 6 heteroatoms. The lowest BCUT2D eigenvalue weighted by Crippen LogP contribution is -2.21. The molecule has 2 N–H and O–H groups in total. The summed E-state index contributed by atoms with van der Waals surface area (Å²) in [5.74, 6) is -0.226. The average Bonchev–Trinajstić information content (AvgIpc) is 2.50. The molecule has 1 heterocycles. The van der Waals surface area contributed by atoms with Crippen LogP contribution in [0.4, 0.5) is 0 Å². The lowest BCUT2D eigenvalue weighted by molar-refractivity contribution is 0.0949. The highest BCUT2D eigenvalue weighted by Gasteiger charge is 2.07. The number of benzene rings is 1. The van der Waals surface area contributed by atoms with E-state index in [4.69, 9.17) is 0 Å². The fourth-order valence-corrected chi connectivity index (χ4v) is 1.59. The molecule has 0 fully saturated rings. The van der Waals surface area contributed by atoms with Crippen LogP contribution in [-0.4, -0.2) is 26.7 Å². The van der Waals surface area contributed by atoms with Crippen molar-refractivity contribution in [3.05, 3.63) is 54.1 Å². The van der Waals surface area contributed by atoms with E-state index in [-0.39, 0.29) is 11.4 Å². The summed E-state index contributed by atoms with van der Waals surface area (Å²) in [7, 11) is 0. The van der Waals surface area contributed by atoms with E-state index < -0.39 is 5.91 Å². The van der Waals surface area contributed by atoms with Crippen LogP contribution in [0.15, 0.2) is 48.0 Å². The smallest absolute Gasteiger partial charge is 0.291 e. The quantitative estimate of drug-likeness (QED) is 0.654. The number of phenols is 1. The van der Waals surface area contributed by atoms with Gasteiger partial charge in [0.05, 0.1) is 11.9 Å². The maximum Gasteiger partial charge on any atom is 0.291 e. The van der Waals surface area contributed by atoms with Crippen LogP contribution in [0.1, 0.15) is 29.4 Å². The Morgan fingerprint density at radius 2 is 2.05 bits per heavy atom. The molecule has 0 radical (unpaired) electrons. The maximum atomic E-state index is 11.8. The van der Waals surface area contributed by atoms with Gasteiger partial charge in [0.1, 0.15) is 11.4 Å². The number of hydrogen-bond donors (Lipinski definition) is 2. The van der Waals surface area contributed by atoms with Crippen molar-refractivity contribution >= 4 is 11.6 Å². The fourth-order valence-electron chi connectivity index (χ4n) is 1.59. The van der Waals surface area contributed by atoms with Gasteiger partial charge < -0.3 is 5.11 Å². The number of amides is 1. The molecule has 2 rings (SSSR count). The number of hydrogen-bond acceptors (Lipinski definition) is 5. The van der Waals surface area contributed by atoms with Crippen LogP contribution < -0.4 is 5.43 Å². The van der Waals surface area contributed by atoms with E-state index >= 15 is 0 Å². The summed E-state index contributed by atoms with van der Waals surface area (Å²) in [5, 5.41) is 13.3. The van der Waals surface area contributed by atoms with Gasteiger partial charge in [0.15, 0.2) is 0 Å². The maximum absolute atomic E-state index is 11.8. The van der Waals surface area contributed by atoms with Crippen molar-refractivity contribution in [1.29, 1.82) is 0 Å². The van der Waals surface area contributed by atoms with E-state index in [0.29, 0.717) is 12.1 Å². The first kappa shape index (κ1) is 13.7. The van der Waals surface area contributed by atoms with Crippen LogP contribution in [0, 0.1) is 0 Å². The van der Waals surface area contributed by atoms with Crippen molar-refractivity contribution in [3.63, 3.8) is 0 Å². The molecule has 1 aromatic carbocycles. The predicted molar refractivity (Wildman–Crippen MR) is 74.4 cm³/mol. The Morgan fingerprint density at radius 3 is 2.65 bits per heavy atom. The molecule has 0 unspecified atom stereocenters. The molecule has 1 amide bonds. The van der Waals surface area contributed by atoms with E-state index in [9.17, 15) is 9.90 Å². The first-order chi connectivity index (χ1) is 9.70. The summed E-state index contributed by atoms with van der Waals surface area (Å²) < 4.78 is 0. The minimum absolute atomic E-state index is 0.188. The molecule has 2 aromatic rings. The van der Waals surface area contributed by atoms with Gasteiger partial charge in [0.25, 0.3) is 5.91 Å². The van der Waals surface area contributed by atoms with Gasteiger partial charge in [-0.25, -0.2) is 10.4 Å². The van der Waals surface area contributed by atoms with Crippen molar-refractivity contribution in [3.8, 4) is 5.75 Å². The van der Waals surface area contributed by atoms with Gasteiger partial charge in [-0.3, -0.25) is 9.78 Å². The highest BCUT2D eigenvalue weighted by atomic mass is 16.3. The number of carbonyl (C=O) groups is 1. The Hall–Kier alpha value is -2.76. The monoisotopic (exact) mass is 270 g/mol. The molecule has 0 aliphatic carbocycles.